The quantitative estimate of drug-likeness (QED) is 0.208. The van der Waals surface area contributed by atoms with E-state index in [0.717, 1.165) is 25.6 Å². The average molecular weight is 505 g/mol. The Morgan fingerprint density at radius 2 is 1.89 bits per heavy atom. The van der Waals surface area contributed by atoms with Crippen LogP contribution in [0.25, 0.3) is 0 Å². The van der Waals surface area contributed by atoms with Gasteiger partial charge in [0, 0.05) is 26.2 Å². The van der Waals surface area contributed by atoms with Gasteiger partial charge in [0.25, 0.3) is 0 Å². The Balaban J connectivity index is 0.00000392. The summed E-state index contributed by atoms with van der Waals surface area (Å²) in [6, 6.07) is 6.12. The summed E-state index contributed by atoms with van der Waals surface area (Å²) in [7, 11) is 0. The summed E-state index contributed by atoms with van der Waals surface area (Å²) in [5.41, 5.74) is 0.674. The Hall–Kier alpha value is -1.42. The molecule has 8 heteroatoms. The Kier molecular flexibility index (Phi) is 12.8. The van der Waals surface area contributed by atoms with Crippen molar-refractivity contribution in [1.82, 2.24) is 20.9 Å². The number of likely N-dealkylation sites (tertiary alicyclic amines) is 1. The maximum absolute atomic E-state index is 13.1. The van der Waals surface area contributed by atoms with E-state index in [0.29, 0.717) is 18.7 Å². The number of halogens is 2. The first-order valence-electron chi connectivity index (χ1n) is 9.93. The summed E-state index contributed by atoms with van der Waals surface area (Å²) >= 11 is 0. The van der Waals surface area contributed by atoms with E-state index in [1.807, 2.05) is 6.92 Å². The van der Waals surface area contributed by atoms with Gasteiger partial charge in [-0.25, -0.2) is 4.39 Å². The molecule has 6 nitrogen and oxygen atoms in total. The highest BCUT2D eigenvalue weighted by Crippen LogP contribution is 2.07. The number of guanidine groups is 1. The molecule has 0 saturated carbocycles. The molecule has 0 radical (unpaired) electrons. The number of nitrogens with zero attached hydrogens (tertiary/aromatic N) is 2. The topological polar surface area (TPSA) is 68.8 Å². The molecule has 1 saturated heterocycles. The third kappa shape index (κ3) is 10.2. The van der Waals surface area contributed by atoms with Gasteiger partial charge in [-0.2, -0.15) is 0 Å². The Morgan fingerprint density at radius 1 is 1.14 bits per heavy atom. The summed E-state index contributed by atoms with van der Waals surface area (Å²) in [4.78, 5) is 19.0. The molecule has 1 amide bonds. The predicted molar refractivity (Wildman–Crippen MR) is 123 cm³/mol. The van der Waals surface area contributed by atoms with E-state index in [-0.39, 0.29) is 42.1 Å². The summed E-state index contributed by atoms with van der Waals surface area (Å²) in [6.07, 6.45) is 4.10. The van der Waals surface area contributed by atoms with E-state index >= 15 is 0 Å². The zero-order valence-corrected chi connectivity index (χ0v) is 19.0. The molecule has 1 aliphatic rings. The normalized spacial score (nSPS) is 14.9. The zero-order chi connectivity index (χ0) is 19.3. The predicted octanol–water partition coefficient (Wildman–Crippen LogP) is 2.14. The summed E-state index contributed by atoms with van der Waals surface area (Å²) in [6.45, 7) is 8.01. The molecule has 0 bridgehead atoms. The minimum absolute atomic E-state index is 0. The van der Waals surface area contributed by atoms with Crippen molar-refractivity contribution >= 4 is 35.8 Å². The smallest absolute Gasteiger partial charge is 0.224 e. The van der Waals surface area contributed by atoms with E-state index in [1.165, 1.54) is 44.5 Å². The first-order chi connectivity index (χ1) is 13.2. The SMILES string of the molecule is CCNC(=NCCN1CCCCC1)NCCNC(=O)Cc1cccc(F)c1.I. The number of hydrogen-bond acceptors (Lipinski definition) is 3. The largest absolute Gasteiger partial charge is 0.357 e. The van der Waals surface area contributed by atoms with Gasteiger partial charge >= 0.3 is 0 Å². The van der Waals surface area contributed by atoms with Crippen molar-refractivity contribution in [3.63, 3.8) is 0 Å². The number of rotatable bonds is 9. The van der Waals surface area contributed by atoms with Crippen molar-refractivity contribution in [3.05, 3.63) is 35.6 Å². The van der Waals surface area contributed by atoms with Crippen LogP contribution in [0.1, 0.15) is 31.7 Å². The maximum Gasteiger partial charge on any atom is 0.224 e. The molecule has 1 aromatic rings. The van der Waals surface area contributed by atoms with Crippen LogP contribution in [-0.4, -0.2) is 62.6 Å². The van der Waals surface area contributed by atoms with E-state index < -0.39 is 0 Å². The highest BCUT2D eigenvalue weighted by molar-refractivity contribution is 14.0. The molecular weight excluding hydrogens is 472 g/mol. The number of nitrogens with one attached hydrogen (secondary N) is 3. The molecule has 1 fully saturated rings. The molecule has 158 valence electrons. The fraction of sp³-hybridized carbons (Fsp3) is 0.600. The van der Waals surface area contributed by atoms with Crippen LogP contribution >= 0.6 is 24.0 Å². The molecule has 28 heavy (non-hydrogen) atoms. The molecule has 1 aliphatic heterocycles. The monoisotopic (exact) mass is 505 g/mol. The molecule has 0 unspecified atom stereocenters. The van der Waals surface area contributed by atoms with Crippen molar-refractivity contribution in [1.29, 1.82) is 0 Å². The van der Waals surface area contributed by atoms with Crippen LogP contribution in [0.4, 0.5) is 4.39 Å². The van der Waals surface area contributed by atoms with Gasteiger partial charge in [0.15, 0.2) is 5.96 Å². The van der Waals surface area contributed by atoms with Crippen LogP contribution in [0.5, 0.6) is 0 Å². The van der Waals surface area contributed by atoms with Gasteiger partial charge in [-0.15, -0.1) is 24.0 Å². The van der Waals surface area contributed by atoms with Crippen LogP contribution in [0.15, 0.2) is 29.3 Å². The van der Waals surface area contributed by atoms with Crippen molar-refractivity contribution < 1.29 is 9.18 Å². The van der Waals surface area contributed by atoms with Gasteiger partial charge in [0.1, 0.15) is 5.82 Å². The van der Waals surface area contributed by atoms with Crippen LogP contribution in [0, 0.1) is 5.82 Å². The van der Waals surface area contributed by atoms with Crippen molar-refractivity contribution in [2.24, 2.45) is 4.99 Å². The first kappa shape index (κ1) is 24.6. The van der Waals surface area contributed by atoms with Gasteiger partial charge in [-0.05, 0) is 50.6 Å². The van der Waals surface area contributed by atoms with Crippen molar-refractivity contribution in [3.8, 4) is 0 Å². The summed E-state index contributed by atoms with van der Waals surface area (Å²) < 4.78 is 13.1. The van der Waals surface area contributed by atoms with Crippen molar-refractivity contribution in [2.75, 3.05) is 45.8 Å². The van der Waals surface area contributed by atoms with Crippen LogP contribution in [-0.2, 0) is 11.2 Å². The van der Waals surface area contributed by atoms with Gasteiger partial charge in [-0.3, -0.25) is 9.79 Å². The fourth-order valence-electron chi connectivity index (χ4n) is 3.11. The number of carbonyl (C=O) groups is 1. The molecule has 2 rings (SSSR count). The number of amides is 1. The van der Waals surface area contributed by atoms with E-state index in [9.17, 15) is 9.18 Å². The molecule has 3 N–H and O–H groups in total. The second-order valence-electron chi connectivity index (χ2n) is 6.75. The first-order valence-corrected chi connectivity index (χ1v) is 9.93. The zero-order valence-electron chi connectivity index (χ0n) is 16.7. The molecule has 0 atom stereocenters. The van der Waals surface area contributed by atoms with Crippen molar-refractivity contribution in [2.45, 2.75) is 32.6 Å². The summed E-state index contributed by atoms with van der Waals surface area (Å²) in [5, 5.41) is 9.29. The third-order valence-electron chi connectivity index (χ3n) is 4.47. The van der Waals surface area contributed by atoms with Crippen LogP contribution in [0.3, 0.4) is 0 Å². The standard InChI is InChI=1S/C20H32FN5O.HI/c1-2-22-20(25-11-14-26-12-4-3-5-13-26)24-10-9-23-19(27)16-17-7-6-8-18(21)15-17;/h6-8,15H,2-5,9-14,16H2,1H3,(H,23,27)(H2,22,24,25);1H. The second kappa shape index (κ2) is 14.6. The fourth-order valence-corrected chi connectivity index (χ4v) is 3.11. The lowest BCUT2D eigenvalue weighted by Crippen LogP contribution is -2.42. The lowest BCUT2D eigenvalue weighted by Gasteiger charge is -2.25. The minimum atomic E-state index is -0.321. The number of aliphatic imine (C=N–C) groups is 1. The Labute approximate surface area is 184 Å². The number of piperidine rings is 1. The van der Waals surface area contributed by atoms with E-state index in [4.69, 9.17) is 0 Å². The molecule has 1 heterocycles. The molecule has 1 aromatic carbocycles. The lowest BCUT2D eigenvalue weighted by atomic mass is 10.1. The van der Waals surface area contributed by atoms with Gasteiger partial charge < -0.3 is 20.9 Å². The average Bonchev–Trinajstić information content (AvgIpc) is 2.66. The molecule has 0 aliphatic carbocycles. The maximum atomic E-state index is 13.1. The molecule has 0 aromatic heterocycles. The number of benzene rings is 1. The summed E-state index contributed by atoms with van der Waals surface area (Å²) in [5.74, 6) is 0.335. The third-order valence-corrected chi connectivity index (χ3v) is 4.47. The van der Waals surface area contributed by atoms with Gasteiger partial charge in [0.05, 0.1) is 13.0 Å². The minimum Gasteiger partial charge on any atom is -0.357 e. The lowest BCUT2D eigenvalue weighted by molar-refractivity contribution is -0.120. The number of hydrogen-bond donors (Lipinski definition) is 3. The Morgan fingerprint density at radius 3 is 2.61 bits per heavy atom. The molecule has 0 spiro atoms. The van der Waals surface area contributed by atoms with E-state index in [1.54, 1.807) is 12.1 Å². The van der Waals surface area contributed by atoms with Gasteiger partial charge in [-0.1, -0.05) is 18.6 Å². The Bertz CT molecular complexity index is 608. The number of carbonyl (C=O) groups excluding carboxylic acids is 1. The highest BCUT2D eigenvalue weighted by atomic mass is 127. The van der Waals surface area contributed by atoms with Gasteiger partial charge in [0.2, 0.25) is 5.91 Å². The van der Waals surface area contributed by atoms with Crippen LogP contribution < -0.4 is 16.0 Å². The molecular formula is C20H33FIN5O. The van der Waals surface area contributed by atoms with Crippen LogP contribution in [0.2, 0.25) is 0 Å². The highest BCUT2D eigenvalue weighted by Gasteiger charge is 2.09. The van der Waals surface area contributed by atoms with E-state index in [2.05, 4.69) is 25.8 Å². The second-order valence-corrected chi connectivity index (χ2v) is 6.75.